The third kappa shape index (κ3) is 4.20. The van der Waals surface area contributed by atoms with Crippen molar-refractivity contribution < 1.29 is 9.53 Å². The predicted molar refractivity (Wildman–Crippen MR) is 82.7 cm³/mol. The minimum Gasteiger partial charge on any atom is -0.426 e. The van der Waals surface area contributed by atoms with Crippen LogP contribution in [-0.4, -0.2) is 11.8 Å². The number of rotatable bonds is 4. The van der Waals surface area contributed by atoms with Gasteiger partial charge in [-0.15, -0.1) is 11.6 Å². The Kier molecular flexibility index (Phi) is 5.14. The average molecular weight is 298 g/mol. The zero-order valence-corrected chi connectivity index (χ0v) is 11.9. The van der Waals surface area contributed by atoms with Gasteiger partial charge < -0.3 is 4.74 Å². The molecule has 0 aromatic heterocycles. The molecule has 0 unspecified atom stereocenters. The largest absolute Gasteiger partial charge is 0.426 e. The lowest BCUT2D eigenvalue weighted by molar-refractivity contribution is -0.131. The van der Waals surface area contributed by atoms with Crippen molar-refractivity contribution in [1.82, 2.24) is 0 Å². The van der Waals surface area contributed by atoms with Crippen LogP contribution in [0.25, 0.3) is 11.6 Å². The van der Waals surface area contributed by atoms with Crippen LogP contribution < -0.4 is 4.74 Å². The standard InChI is InChI=1S/C17H12ClNO2/c18-11-17(20)21-16-8-4-5-13(10-16)9-15(12-19)14-6-2-1-3-7-14/h1-10H,11H2/b15-9-. The number of alkyl halides is 1. The van der Waals surface area contributed by atoms with Crippen LogP contribution in [0.1, 0.15) is 11.1 Å². The van der Waals surface area contributed by atoms with Crippen molar-refractivity contribution in [3.63, 3.8) is 0 Å². The fourth-order valence-corrected chi connectivity index (χ4v) is 1.85. The molecule has 0 spiro atoms. The molecule has 3 nitrogen and oxygen atoms in total. The Hall–Kier alpha value is -2.57. The number of ether oxygens (including phenoxy) is 1. The van der Waals surface area contributed by atoms with Crippen molar-refractivity contribution >= 4 is 29.2 Å². The van der Waals surface area contributed by atoms with E-state index in [1.165, 1.54) is 0 Å². The number of carbonyl (C=O) groups is 1. The van der Waals surface area contributed by atoms with Gasteiger partial charge in [0.15, 0.2) is 0 Å². The molecule has 0 aliphatic heterocycles. The molecule has 0 aliphatic carbocycles. The van der Waals surface area contributed by atoms with Crippen LogP contribution >= 0.6 is 11.6 Å². The Balaban J connectivity index is 2.29. The number of benzene rings is 2. The quantitative estimate of drug-likeness (QED) is 0.283. The topological polar surface area (TPSA) is 50.1 Å². The maximum absolute atomic E-state index is 11.2. The van der Waals surface area contributed by atoms with E-state index in [0.29, 0.717) is 11.3 Å². The summed E-state index contributed by atoms with van der Waals surface area (Å²) < 4.78 is 5.04. The molecule has 0 heterocycles. The number of nitriles is 1. The van der Waals surface area contributed by atoms with E-state index in [9.17, 15) is 10.1 Å². The van der Waals surface area contributed by atoms with Gasteiger partial charge in [0.2, 0.25) is 0 Å². The summed E-state index contributed by atoms with van der Waals surface area (Å²) in [6, 6.07) is 18.5. The molecule has 0 bridgehead atoms. The molecule has 2 aromatic rings. The molecular formula is C17H12ClNO2. The average Bonchev–Trinajstić information content (AvgIpc) is 2.53. The molecule has 0 atom stereocenters. The molecule has 2 rings (SSSR count). The van der Waals surface area contributed by atoms with E-state index in [1.54, 1.807) is 24.3 Å². The lowest BCUT2D eigenvalue weighted by Crippen LogP contribution is -2.08. The maximum Gasteiger partial charge on any atom is 0.326 e. The summed E-state index contributed by atoms with van der Waals surface area (Å²) in [6.07, 6.45) is 1.74. The number of halogens is 1. The van der Waals surface area contributed by atoms with E-state index in [0.717, 1.165) is 11.1 Å². The van der Waals surface area contributed by atoms with Gasteiger partial charge in [0, 0.05) is 0 Å². The number of hydrogen-bond donors (Lipinski definition) is 0. The van der Waals surface area contributed by atoms with Crippen molar-refractivity contribution in [3.8, 4) is 11.8 Å². The van der Waals surface area contributed by atoms with E-state index >= 15 is 0 Å². The highest BCUT2D eigenvalue weighted by Crippen LogP contribution is 2.20. The summed E-state index contributed by atoms with van der Waals surface area (Å²) in [5.74, 6) is -0.311. The van der Waals surface area contributed by atoms with Gasteiger partial charge in [-0.05, 0) is 29.3 Å². The Morgan fingerprint density at radius 3 is 2.62 bits per heavy atom. The lowest BCUT2D eigenvalue weighted by Gasteiger charge is -2.04. The Bertz CT molecular complexity index is 702. The first-order valence-electron chi connectivity index (χ1n) is 6.27. The third-order valence-corrected chi connectivity index (χ3v) is 2.93. The van der Waals surface area contributed by atoms with Crippen molar-refractivity contribution in [3.05, 3.63) is 65.7 Å². The Labute approximate surface area is 128 Å². The first-order chi connectivity index (χ1) is 10.2. The second kappa shape index (κ2) is 7.28. The zero-order chi connectivity index (χ0) is 15.1. The minimum absolute atomic E-state index is 0.201. The molecule has 0 amide bonds. The van der Waals surface area contributed by atoms with Crippen molar-refractivity contribution in [2.45, 2.75) is 0 Å². The van der Waals surface area contributed by atoms with Gasteiger partial charge >= 0.3 is 5.97 Å². The molecule has 0 N–H and O–H groups in total. The van der Waals surface area contributed by atoms with Crippen LogP contribution in [0.4, 0.5) is 0 Å². The number of allylic oxidation sites excluding steroid dienone is 1. The predicted octanol–water partition coefficient (Wildman–Crippen LogP) is 3.89. The molecule has 0 saturated heterocycles. The summed E-state index contributed by atoms with van der Waals surface area (Å²) >= 11 is 5.40. The molecule has 0 saturated carbocycles. The minimum atomic E-state index is -0.513. The number of carbonyl (C=O) groups excluding carboxylic acids is 1. The molecule has 104 valence electrons. The Morgan fingerprint density at radius 2 is 1.95 bits per heavy atom. The van der Waals surface area contributed by atoms with Crippen LogP contribution in [0.3, 0.4) is 0 Å². The van der Waals surface area contributed by atoms with Gasteiger partial charge in [-0.1, -0.05) is 42.5 Å². The van der Waals surface area contributed by atoms with Gasteiger partial charge in [0.25, 0.3) is 0 Å². The monoisotopic (exact) mass is 297 g/mol. The fraction of sp³-hybridized carbons (Fsp3) is 0.0588. The number of hydrogen-bond acceptors (Lipinski definition) is 3. The smallest absolute Gasteiger partial charge is 0.326 e. The summed E-state index contributed by atoms with van der Waals surface area (Å²) in [4.78, 5) is 11.2. The molecule has 21 heavy (non-hydrogen) atoms. The van der Waals surface area contributed by atoms with Crippen LogP contribution in [0.2, 0.25) is 0 Å². The Morgan fingerprint density at radius 1 is 1.19 bits per heavy atom. The zero-order valence-electron chi connectivity index (χ0n) is 11.1. The van der Waals surface area contributed by atoms with Crippen LogP contribution in [0, 0.1) is 11.3 Å². The highest BCUT2D eigenvalue weighted by atomic mass is 35.5. The van der Waals surface area contributed by atoms with E-state index in [2.05, 4.69) is 6.07 Å². The second-order valence-electron chi connectivity index (χ2n) is 4.22. The number of esters is 1. The van der Waals surface area contributed by atoms with Crippen molar-refractivity contribution in [2.75, 3.05) is 5.88 Å². The van der Waals surface area contributed by atoms with Crippen LogP contribution in [0.5, 0.6) is 5.75 Å². The lowest BCUT2D eigenvalue weighted by atomic mass is 10.0. The van der Waals surface area contributed by atoms with Gasteiger partial charge in [0.05, 0.1) is 11.6 Å². The third-order valence-electron chi connectivity index (χ3n) is 2.72. The maximum atomic E-state index is 11.2. The van der Waals surface area contributed by atoms with E-state index in [4.69, 9.17) is 16.3 Å². The van der Waals surface area contributed by atoms with E-state index < -0.39 is 5.97 Å². The van der Waals surface area contributed by atoms with Gasteiger partial charge in [0.1, 0.15) is 11.6 Å². The van der Waals surface area contributed by atoms with Gasteiger partial charge in [-0.3, -0.25) is 4.79 Å². The molecule has 0 aliphatic rings. The highest BCUT2D eigenvalue weighted by molar-refractivity contribution is 6.26. The SMILES string of the molecule is N#C/C(=C/c1cccc(OC(=O)CCl)c1)c1ccccc1. The van der Waals surface area contributed by atoms with Crippen molar-refractivity contribution in [2.24, 2.45) is 0 Å². The van der Waals surface area contributed by atoms with Crippen molar-refractivity contribution in [1.29, 1.82) is 5.26 Å². The molecule has 2 aromatic carbocycles. The summed E-state index contributed by atoms with van der Waals surface area (Å²) in [5.41, 5.74) is 2.15. The first kappa shape index (κ1) is 14.8. The van der Waals surface area contributed by atoms with Gasteiger partial charge in [-0.2, -0.15) is 5.26 Å². The summed E-state index contributed by atoms with van der Waals surface area (Å²) in [5, 5.41) is 9.27. The van der Waals surface area contributed by atoms with Gasteiger partial charge in [-0.25, -0.2) is 0 Å². The van der Waals surface area contributed by atoms with Crippen LogP contribution in [-0.2, 0) is 4.79 Å². The van der Waals surface area contributed by atoms with E-state index in [-0.39, 0.29) is 5.88 Å². The number of nitrogens with zero attached hydrogens (tertiary/aromatic N) is 1. The highest BCUT2D eigenvalue weighted by Gasteiger charge is 2.04. The summed E-state index contributed by atoms with van der Waals surface area (Å²) in [6.45, 7) is 0. The molecule has 4 heteroatoms. The fourth-order valence-electron chi connectivity index (χ4n) is 1.79. The van der Waals surface area contributed by atoms with Crippen LogP contribution in [0.15, 0.2) is 54.6 Å². The first-order valence-corrected chi connectivity index (χ1v) is 6.80. The molecular weight excluding hydrogens is 286 g/mol. The normalized spacial score (nSPS) is 10.8. The second-order valence-corrected chi connectivity index (χ2v) is 4.48. The molecule has 0 radical (unpaired) electrons. The molecule has 0 fully saturated rings. The van der Waals surface area contributed by atoms with E-state index in [1.807, 2.05) is 36.4 Å². The summed E-state index contributed by atoms with van der Waals surface area (Å²) in [7, 11) is 0.